The van der Waals surface area contributed by atoms with Crippen LogP contribution in [0.5, 0.6) is 0 Å². The Morgan fingerprint density at radius 2 is 2.33 bits per heavy atom. The SMILES string of the molecule is CC1(C)O[C@@H]2[C@H](OC=O)CO[C@]2(CO)O1. The lowest BCUT2D eigenvalue weighted by atomic mass is 10.1. The van der Waals surface area contributed by atoms with Gasteiger partial charge in [0.25, 0.3) is 6.47 Å². The summed E-state index contributed by atoms with van der Waals surface area (Å²) in [5.41, 5.74) is 0. The van der Waals surface area contributed by atoms with Crippen molar-refractivity contribution >= 4 is 6.47 Å². The molecule has 0 aromatic carbocycles. The normalized spacial score (nSPS) is 42.6. The third-order valence-electron chi connectivity index (χ3n) is 2.54. The summed E-state index contributed by atoms with van der Waals surface area (Å²) in [4.78, 5) is 10.3. The first-order valence-electron chi connectivity index (χ1n) is 4.75. The summed E-state index contributed by atoms with van der Waals surface area (Å²) in [6, 6.07) is 0. The van der Waals surface area contributed by atoms with Crippen LogP contribution >= 0.6 is 0 Å². The molecule has 2 aliphatic rings. The van der Waals surface area contributed by atoms with Crippen LogP contribution in [0.4, 0.5) is 0 Å². The molecule has 0 aromatic rings. The van der Waals surface area contributed by atoms with Gasteiger partial charge in [-0.15, -0.1) is 0 Å². The van der Waals surface area contributed by atoms with Crippen LogP contribution in [0.2, 0.25) is 0 Å². The summed E-state index contributed by atoms with van der Waals surface area (Å²) < 4.78 is 21.2. The molecule has 0 unspecified atom stereocenters. The molecule has 2 heterocycles. The zero-order valence-corrected chi connectivity index (χ0v) is 8.63. The van der Waals surface area contributed by atoms with Crippen molar-refractivity contribution in [3.05, 3.63) is 0 Å². The molecular weight excluding hydrogens is 204 g/mol. The Morgan fingerprint density at radius 3 is 2.93 bits per heavy atom. The first-order chi connectivity index (χ1) is 7.03. The topological polar surface area (TPSA) is 74.2 Å². The maximum Gasteiger partial charge on any atom is 0.293 e. The fraction of sp³-hybridized carbons (Fsp3) is 0.889. The Hall–Kier alpha value is -0.690. The molecule has 0 spiro atoms. The van der Waals surface area contributed by atoms with Crippen molar-refractivity contribution in [3.63, 3.8) is 0 Å². The molecular formula is C9H14O6. The van der Waals surface area contributed by atoms with Crippen LogP contribution in [0.3, 0.4) is 0 Å². The number of ether oxygens (including phenoxy) is 4. The van der Waals surface area contributed by atoms with Gasteiger partial charge in [0.2, 0.25) is 5.79 Å². The van der Waals surface area contributed by atoms with Gasteiger partial charge in [0.15, 0.2) is 18.0 Å². The van der Waals surface area contributed by atoms with Crippen molar-refractivity contribution < 1.29 is 28.8 Å². The van der Waals surface area contributed by atoms with E-state index in [0.29, 0.717) is 6.47 Å². The fourth-order valence-electron chi connectivity index (χ4n) is 2.02. The molecule has 6 nitrogen and oxygen atoms in total. The first-order valence-corrected chi connectivity index (χ1v) is 4.75. The molecule has 2 saturated heterocycles. The zero-order valence-electron chi connectivity index (χ0n) is 8.63. The predicted octanol–water partition coefficient (Wildman–Crippen LogP) is -0.602. The van der Waals surface area contributed by atoms with Gasteiger partial charge >= 0.3 is 0 Å². The molecule has 0 aliphatic carbocycles. The number of carbonyl (C=O) groups excluding carboxylic acids is 1. The van der Waals surface area contributed by atoms with Crippen molar-refractivity contribution in [1.29, 1.82) is 0 Å². The summed E-state index contributed by atoms with van der Waals surface area (Å²) in [6.07, 6.45) is -1.11. The third kappa shape index (κ3) is 1.63. The van der Waals surface area contributed by atoms with Crippen molar-refractivity contribution in [3.8, 4) is 0 Å². The lowest BCUT2D eigenvalue weighted by Gasteiger charge is -2.24. The summed E-state index contributed by atoms with van der Waals surface area (Å²) in [5, 5.41) is 9.27. The van der Waals surface area contributed by atoms with E-state index < -0.39 is 23.8 Å². The van der Waals surface area contributed by atoms with E-state index >= 15 is 0 Å². The second-order valence-electron chi connectivity index (χ2n) is 4.09. The van der Waals surface area contributed by atoms with Gasteiger partial charge in [-0.05, 0) is 13.8 Å². The van der Waals surface area contributed by atoms with E-state index in [1.165, 1.54) is 0 Å². The Balaban J connectivity index is 2.19. The molecule has 0 bridgehead atoms. The minimum atomic E-state index is -1.20. The van der Waals surface area contributed by atoms with E-state index in [2.05, 4.69) is 0 Å². The van der Waals surface area contributed by atoms with E-state index in [1.54, 1.807) is 13.8 Å². The molecule has 1 N–H and O–H groups in total. The van der Waals surface area contributed by atoms with E-state index in [-0.39, 0.29) is 13.2 Å². The molecule has 86 valence electrons. The predicted molar refractivity (Wildman–Crippen MR) is 46.7 cm³/mol. The molecule has 0 aromatic heterocycles. The molecule has 0 radical (unpaired) electrons. The van der Waals surface area contributed by atoms with Gasteiger partial charge in [0.1, 0.15) is 6.61 Å². The van der Waals surface area contributed by atoms with Crippen LogP contribution in [-0.2, 0) is 23.7 Å². The summed E-state index contributed by atoms with van der Waals surface area (Å²) in [7, 11) is 0. The maximum absolute atomic E-state index is 10.3. The van der Waals surface area contributed by atoms with Gasteiger partial charge in [-0.1, -0.05) is 0 Å². The summed E-state index contributed by atoms with van der Waals surface area (Å²) in [6.45, 7) is 3.60. The van der Waals surface area contributed by atoms with Gasteiger partial charge in [-0.25, -0.2) is 0 Å². The highest BCUT2D eigenvalue weighted by molar-refractivity contribution is 5.38. The van der Waals surface area contributed by atoms with E-state index in [4.69, 9.17) is 18.9 Å². The lowest BCUT2D eigenvalue weighted by molar-refractivity contribution is -0.259. The average molecular weight is 218 g/mol. The van der Waals surface area contributed by atoms with Gasteiger partial charge in [-0.3, -0.25) is 4.79 Å². The van der Waals surface area contributed by atoms with Gasteiger partial charge in [0, 0.05) is 0 Å². The Bertz CT molecular complexity index is 265. The van der Waals surface area contributed by atoms with E-state index in [1.807, 2.05) is 0 Å². The highest BCUT2D eigenvalue weighted by Gasteiger charge is 2.62. The standard InChI is InChI=1S/C9H14O6/c1-8(2)14-7-6(12-5-11)3-13-9(7,4-10)15-8/h5-7,10H,3-4H2,1-2H3/t6-,7-,9-/m1/s1. The molecule has 2 fully saturated rings. The van der Waals surface area contributed by atoms with Gasteiger partial charge in [0.05, 0.1) is 6.61 Å². The Labute approximate surface area is 87.1 Å². The quantitative estimate of drug-likeness (QED) is 0.637. The van der Waals surface area contributed by atoms with Crippen molar-refractivity contribution in [1.82, 2.24) is 0 Å². The second-order valence-corrected chi connectivity index (χ2v) is 4.09. The highest BCUT2D eigenvalue weighted by atomic mass is 16.9. The number of carbonyl (C=O) groups is 1. The maximum atomic E-state index is 10.3. The van der Waals surface area contributed by atoms with Crippen LogP contribution in [0, 0.1) is 0 Å². The third-order valence-corrected chi connectivity index (χ3v) is 2.54. The van der Waals surface area contributed by atoms with E-state index in [0.717, 1.165) is 0 Å². The van der Waals surface area contributed by atoms with Crippen molar-refractivity contribution in [2.45, 2.75) is 37.6 Å². The van der Waals surface area contributed by atoms with Crippen LogP contribution in [0.25, 0.3) is 0 Å². The van der Waals surface area contributed by atoms with Crippen LogP contribution in [-0.4, -0.2) is 48.6 Å². The van der Waals surface area contributed by atoms with Gasteiger partial charge < -0.3 is 24.1 Å². The first kappa shape index (κ1) is 10.8. The van der Waals surface area contributed by atoms with Crippen LogP contribution < -0.4 is 0 Å². The van der Waals surface area contributed by atoms with Crippen molar-refractivity contribution in [2.75, 3.05) is 13.2 Å². The van der Waals surface area contributed by atoms with Crippen LogP contribution in [0.15, 0.2) is 0 Å². The Kier molecular flexibility index (Phi) is 2.46. The summed E-state index contributed by atoms with van der Waals surface area (Å²) >= 11 is 0. The lowest BCUT2D eigenvalue weighted by Crippen LogP contribution is -2.44. The molecule has 15 heavy (non-hydrogen) atoms. The largest absolute Gasteiger partial charge is 0.459 e. The minimum absolute atomic E-state index is 0.167. The monoisotopic (exact) mass is 218 g/mol. The fourth-order valence-corrected chi connectivity index (χ4v) is 2.02. The molecule has 6 heteroatoms. The number of hydrogen-bond donors (Lipinski definition) is 1. The average Bonchev–Trinajstić information content (AvgIpc) is 2.60. The summed E-state index contributed by atoms with van der Waals surface area (Å²) in [5.74, 6) is -2.05. The molecule has 3 atom stereocenters. The highest BCUT2D eigenvalue weighted by Crippen LogP contribution is 2.43. The number of aliphatic hydroxyl groups excluding tert-OH is 1. The Morgan fingerprint density at radius 1 is 1.60 bits per heavy atom. The number of fused-ring (bicyclic) bond motifs is 1. The second kappa shape index (κ2) is 3.41. The molecule has 2 aliphatic heterocycles. The minimum Gasteiger partial charge on any atom is -0.459 e. The molecule has 0 amide bonds. The smallest absolute Gasteiger partial charge is 0.293 e. The number of hydrogen-bond acceptors (Lipinski definition) is 6. The number of aliphatic hydroxyl groups is 1. The van der Waals surface area contributed by atoms with E-state index in [9.17, 15) is 9.90 Å². The van der Waals surface area contributed by atoms with Crippen LogP contribution in [0.1, 0.15) is 13.8 Å². The number of rotatable bonds is 3. The van der Waals surface area contributed by atoms with Crippen molar-refractivity contribution in [2.24, 2.45) is 0 Å². The van der Waals surface area contributed by atoms with Gasteiger partial charge in [-0.2, -0.15) is 0 Å². The zero-order chi connectivity index (χ0) is 11.1. The molecule has 0 saturated carbocycles. The molecule has 2 rings (SSSR count).